The summed E-state index contributed by atoms with van der Waals surface area (Å²) >= 11 is 0. The Bertz CT molecular complexity index is 1260. The number of hydrogen-bond donors (Lipinski definition) is 2. The molecule has 2 N–H and O–H groups in total. The molecule has 2 aromatic rings. The second-order valence-electron chi connectivity index (χ2n) is 9.40. The molecule has 3 aliphatic heterocycles. The minimum atomic E-state index is -4.66. The molecule has 0 bridgehead atoms. The van der Waals surface area contributed by atoms with E-state index >= 15 is 0 Å². The van der Waals surface area contributed by atoms with Crippen molar-refractivity contribution >= 4 is 21.5 Å². The van der Waals surface area contributed by atoms with Gasteiger partial charge in [0.15, 0.2) is 5.03 Å². The van der Waals surface area contributed by atoms with E-state index < -0.39 is 33.7 Å². The molecule has 0 radical (unpaired) electrons. The second-order valence-corrected chi connectivity index (χ2v) is 11.3. The average molecular weight is 555 g/mol. The van der Waals surface area contributed by atoms with Gasteiger partial charge in [-0.25, -0.2) is 18.4 Å². The summed E-state index contributed by atoms with van der Waals surface area (Å²) in [4.78, 5) is 12.0. The summed E-state index contributed by atoms with van der Waals surface area (Å²) in [6.07, 6.45) is 1.39. The maximum absolute atomic E-state index is 13.4. The molecule has 2 aromatic heterocycles. The first-order valence-corrected chi connectivity index (χ1v) is 14.0. The lowest BCUT2D eigenvalue weighted by molar-refractivity contribution is -0.139. The highest BCUT2D eigenvalue weighted by molar-refractivity contribution is 7.89. The van der Waals surface area contributed by atoms with Crippen LogP contribution in [0, 0.1) is 0 Å². The van der Waals surface area contributed by atoms with E-state index in [9.17, 15) is 21.6 Å². The maximum Gasteiger partial charge on any atom is 0.423 e. The van der Waals surface area contributed by atoms with Crippen molar-refractivity contribution in [1.29, 1.82) is 0 Å². The molecule has 2 fully saturated rings. The number of aromatic nitrogens is 3. The van der Waals surface area contributed by atoms with Crippen molar-refractivity contribution in [3.63, 3.8) is 0 Å². The summed E-state index contributed by atoms with van der Waals surface area (Å²) in [7, 11) is -3.77. The van der Waals surface area contributed by atoms with E-state index in [1.54, 1.807) is 12.3 Å². The SMILES string of the molecule is O=S(=O)(c1ccc(C2=CCNCC2)cn1)N1CCC(Nc2ncc(C(F)(F)F)c(O[C@H]3CCOC3)n2)CC1. The molecule has 5 heterocycles. The van der Waals surface area contributed by atoms with Crippen LogP contribution in [-0.4, -0.2) is 79.2 Å². The fourth-order valence-corrected chi connectivity index (χ4v) is 6.03. The lowest BCUT2D eigenvalue weighted by atomic mass is 10.0. The van der Waals surface area contributed by atoms with Gasteiger partial charge in [0.1, 0.15) is 11.7 Å². The smallest absolute Gasteiger partial charge is 0.423 e. The zero-order valence-corrected chi connectivity index (χ0v) is 21.4. The summed E-state index contributed by atoms with van der Waals surface area (Å²) in [6.45, 7) is 2.71. The molecular formula is C24H29F3N6O4S. The van der Waals surface area contributed by atoms with Crippen molar-refractivity contribution in [3.8, 4) is 5.88 Å². The average Bonchev–Trinajstić information content (AvgIpc) is 3.42. The van der Waals surface area contributed by atoms with Crippen LogP contribution in [0.5, 0.6) is 5.88 Å². The Morgan fingerprint density at radius 3 is 2.58 bits per heavy atom. The highest BCUT2D eigenvalue weighted by Gasteiger charge is 2.38. The normalized spacial score (nSPS) is 21.8. The van der Waals surface area contributed by atoms with Crippen molar-refractivity contribution < 1.29 is 31.1 Å². The number of hydrogen-bond acceptors (Lipinski definition) is 9. The summed E-state index contributed by atoms with van der Waals surface area (Å²) in [5, 5.41) is 6.26. The van der Waals surface area contributed by atoms with Gasteiger partial charge < -0.3 is 20.1 Å². The van der Waals surface area contributed by atoms with Gasteiger partial charge in [0.2, 0.25) is 11.8 Å². The van der Waals surface area contributed by atoms with Crippen LogP contribution < -0.4 is 15.4 Å². The molecule has 10 nitrogen and oxygen atoms in total. The molecule has 0 aromatic carbocycles. The Balaban J connectivity index is 1.21. The Labute approximate surface area is 218 Å². The maximum atomic E-state index is 13.4. The van der Waals surface area contributed by atoms with Gasteiger partial charge in [0.25, 0.3) is 10.0 Å². The Morgan fingerprint density at radius 1 is 1.13 bits per heavy atom. The third kappa shape index (κ3) is 6.08. The zero-order valence-electron chi connectivity index (χ0n) is 20.6. The summed E-state index contributed by atoms with van der Waals surface area (Å²) in [6, 6.07) is 3.10. The number of nitrogens with zero attached hydrogens (tertiary/aromatic N) is 4. The number of rotatable bonds is 7. The van der Waals surface area contributed by atoms with E-state index in [0.717, 1.165) is 30.6 Å². The predicted molar refractivity (Wildman–Crippen MR) is 132 cm³/mol. The topological polar surface area (TPSA) is 119 Å². The minimum Gasteiger partial charge on any atom is -0.471 e. The van der Waals surface area contributed by atoms with Crippen LogP contribution in [0.3, 0.4) is 0 Å². The van der Waals surface area contributed by atoms with E-state index in [1.165, 1.54) is 10.4 Å². The van der Waals surface area contributed by atoms with E-state index in [4.69, 9.17) is 9.47 Å². The third-order valence-electron chi connectivity index (χ3n) is 6.79. The molecule has 0 aliphatic carbocycles. The number of halogens is 3. The molecule has 0 saturated carbocycles. The predicted octanol–water partition coefficient (Wildman–Crippen LogP) is 2.70. The van der Waals surface area contributed by atoms with Gasteiger partial charge in [-0.1, -0.05) is 12.1 Å². The molecule has 206 valence electrons. The van der Waals surface area contributed by atoms with Crippen LogP contribution in [-0.2, 0) is 20.9 Å². The van der Waals surface area contributed by atoms with Gasteiger partial charge in [-0.15, -0.1) is 0 Å². The Morgan fingerprint density at radius 2 is 1.95 bits per heavy atom. The van der Waals surface area contributed by atoms with Gasteiger partial charge in [0.05, 0.1) is 13.2 Å². The monoisotopic (exact) mass is 554 g/mol. The number of piperidine rings is 1. The van der Waals surface area contributed by atoms with Crippen LogP contribution >= 0.6 is 0 Å². The molecule has 2 saturated heterocycles. The van der Waals surface area contributed by atoms with Gasteiger partial charge in [0, 0.05) is 44.5 Å². The van der Waals surface area contributed by atoms with Crippen molar-refractivity contribution in [2.75, 3.05) is 44.7 Å². The van der Waals surface area contributed by atoms with Gasteiger partial charge >= 0.3 is 6.18 Å². The van der Waals surface area contributed by atoms with E-state index in [2.05, 4.69) is 31.7 Å². The quantitative estimate of drug-likeness (QED) is 0.533. The minimum absolute atomic E-state index is 0.00213. The summed E-state index contributed by atoms with van der Waals surface area (Å²) < 4.78 is 78.6. The fourth-order valence-electron chi connectivity index (χ4n) is 4.65. The van der Waals surface area contributed by atoms with Crippen LogP contribution in [0.2, 0.25) is 0 Å². The molecule has 0 spiro atoms. The molecule has 3 aliphatic rings. The Hall–Kier alpha value is -2.81. The largest absolute Gasteiger partial charge is 0.471 e. The first-order chi connectivity index (χ1) is 18.2. The molecule has 0 unspecified atom stereocenters. The number of alkyl halides is 3. The number of nitrogens with one attached hydrogen (secondary N) is 2. The van der Waals surface area contributed by atoms with Gasteiger partial charge in [-0.3, -0.25) is 0 Å². The molecule has 14 heteroatoms. The standard InChI is InChI=1S/C24H29F3N6O4S/c25-24(26,27)20-14-30-23(32-22(20)37-19-7-12-36-15-19)31-18-5-10-33(11-6-18)38(34,35)21-2-1-17(13-29-21)16-3-8-28-9-4-16/h1-3,13-14,18-19,28H,4-12,15H2,(H,30,31,32)/t19-/m0/s1. The molecule has 1 atom stereocenters. The van der Waals surface area contributed by atoms with E-state index in [-0.39, 0.29) is 36.7 Å². The van der Waals surface area contributed by atoms with Crippen molar-refractivity contribution in [2.45, 2.75) is 49.0 Å². The van der Waals surface area contributed by atoms with Gasteiger partial charge in [-0.2, -0.15) is 22.5 Å². The number of ether oxygens (including phenoxy) is 2. The zero-order chi connectivity index (χ0) is 26.8. The molecule has 5 rings (SSSR count). The number of sulfonamides is 1. The van der Waals surface area contributed by atoms with E-state index in [1.807, 2.05) is 0 Å². The number of pyridine rings is 1. The summed E-state index contributed by atoms with van der Waals surface area (Å²) in [5.41, 5.74) is 1.00. The highest BCUT2D eigenvalue weighted by atomic mass is 32.2. The van der Waals surface area contributed by atoms with Crippen LogP contribution in [0.15, 0.2) is 35.6 Å². The van der Waals surface area contributed by atoms with Crippen molar-refractivity contribution in [1.82, 2.24) is 24.6 Å². The molecule has 38 heavy (non-hydrogen) atoms. The first-order valence-electron chi connectivity index (χ1n) is 12.5. The van der Waals surface area contributed by atoms with Gasteiger partial charge in [-0.05, 0) is 43.0 Å². The lowest BCUT2D eigenvalue weighted by Gasteiger charge is -2.31. The lowest BCUT2D eigenvalue weighted by Crippen LogP contribution is -2.42. The van der Waals surface area contributed by atoms with Crippen LogP contribution in [0.4, 0.5) is 19.1 Å². The fraction of sp³-hybridized carbons (Fsp3) is 0.542. The molecular weight excluding hydrogens is 525 g/mol. The second kappa shape index (κ2) is 11.1. The van der Waals surface area contributed by atoms with Crippen LogP contribution in [0.1, 0.15) is 36.8 Å². The third-order valence-corrected chi connectivity index (χ3v) is 8.60. The van der Waals surface area contributed by atoms with Crippen molar-refractivity contribution in [3.05, 3.63) is 41.7 Å². The summed E-state index contributed by atoms with van der Waals surface area (Å²) in [5.74, 6) is -0.544. The number of anilines is 1. The van der Waals surface area contributed by atoms with E-state index in [0.29, 0.717) is 32.1 Å². The highest BCUT2D eigenvalue weighted by Crippen LogP contribution is 2.36. The molecule has 0 amide bonds. The first kappa shape index (κ1) is 26.8. The Kier molecular flexibility index (Phi) is 7.84. The van der Waals surface area contributed by atoms with Crippen LogP contribution in [0.25, 0.3) is 5.57 Å². The van der Waals surface area contributed by atoms with Crippen molar-refractivity contribution in [2.24, 2.45) is 0 Å².